The summed E-state index contributed by atoms with van der Waals surface area (Å²) < 4.78 is 1.22. The van der Waals surface area contributed by atoms with Crippen LogP contribution in [0.5, 0.6) is 0 Å². The Hall–Kier alpha value is -2.36. The van der Waals surface area contributed by atoms with Crippen molar-refractivity contribution in [2.75, 3.05) is 0 Å². The van der Waals surface area contributed by atoms with Gasteiger partial charge in [0.2, 0.25) is 0 Å². The van der Waals surface area contributed by atoms with Crippen LogP contribution in [0.1, 0.15) is 5.82 Å². The Morgan fingerprint density at radius 2 is 2.20 bits per heavy atom. The molecule has 0 radical (unpaired) electrons. The fraction of sp³-hybridized carbons (Fsp3) is 0.250. The average molecular weight is 205 g/mol. The molecule has 0 bridgehead atoms. The number of aromatic amines is 2. The fourth-order valence-corrected chi connectivity index (χ4v) is 1.31. The quantitative estimate of drug-likeness (QED) is 0.623. The predicted molar refractivity (Wildman–Crippen MR) is 51.3 cm³/mol. The Morgan fingerprint density at radius 1 is 1.47 bits per heavy atom. The van der Waals surface area contributed by atoms with Crippen molar-refractivity contribution in [1.29, 1.82) is 5.26 Å². The summed E-state index contributed by atoms with van der Waals surface area (Å²) in [6.07, 6.45) is 0.0717. The van der Waals surface area contributed by atoms with Crippen molar-refractivity contribution in [1.82, 2.24) is 19.5 Å². The van der Waals surface area contributed by atoms with E-state index in [1.807, 2.05) is 6.07 Å². The van der Waals surface area contributed by atoms with Gasteiger partial charge in [-0.05, 0) is 0 Å². The van der Waals surface area contributed by atoms with Crippen molar-refractivity contribution in [3.05, 3.63) is 26.7 Å². The molecule has 0 aliphatic heterocycles. The molecule has 76 valence electrons. The van der Waals surface area contributed by atoms with Crippen molar-refractivity contribution in [3.8, 4) is 6.07 Å². The van der Waals surface area contributed by atoms with Crippen LogP contribution in [0.4, 0.5) is 0 Å². The number of nitrogens with one attached hydrogen (secondary N) is 2. The van der Waals surface area contributed by atoms with Crippen LogP contribution in [-0.4, -0.2) is 19.5 Å². The van der Waals surface area contributed by atoms with Crippen molar-refractivity contribution >= 4 is 11.2 Å². The maximum absolute atomic E-state index is 11.3. The number of hydrogen-bond donors (Lipinski definition) is 2. The largest absolute Gasteiger partial charge is 0.335 e. The van der Waals surface area contributed by atoms with E-state index in [-0.39, 0.29) is 17.6 Å². The van der Waals surface area contributed by atoms with E-state index in [4.69, 9.17) is 5.26 Å². The minimum atomic E-state index is -0.525. The van der Waals surface area contributed by atoms with Gasteiger partial charge in [-0.15, -0.1) is 0 Å². The number of rotatable bonds is 1. The number of H-pyrrole nitrogens is 2. The summed E-state index contributed by atoms with van der Waals surface area (Å²) >= 11 is 0. The van der Waals surface area contributed by atoms with Crippen molar-refractivity contribution < 1.29 is 0 Å². The van der Waals surface area contributed by atoms with Crippen LogP contribution in [0.3, 0.4) is 0 Å². The molecule has 7 heteroatoms. The maximum atomic E-state index is 11.3. The van der Waals surface area contributed by atoms with Crippen molar-refractivity contribution in [2.45, 2.75) is 6.42 Å². The average Bonchev–Trinajstić information content (AvgIpc) is 2.60. The summed E-state index contributed by atoms with van der Waals surface area (Å²) in [5.41, 5.74) is -0.580. The summed E-state index contributed by atoms with van der Waals surface area (Å²) in [6, 6.07) is 1.91. The molecule has 0 amide bonds. The molecule has 2 heterocycles. The summed E-state index contributed by atoms with van der Waals surface area (Å²) in [7, 11) is 1.50. The molecule has 0 spiro atoms. The second-order valence-corrected chi connectivity index (χ2v) is 3.04. The van der Waals surface area contributed by atoms with Crippen molar-refractivity contribution in [2.24, 2.45) is 7.05 Å². The van der Waals surface area contributed by atoms with E-state index in [2.05, 4.69) is 15.0 Å². The number of imidazole rings is 1. The highest BCUT2D eigenvalue weighted by atomic mass is 16.2. The van der Waals surface area contributed by atoms with E-state index >= 15 is 0 Å². The number of aryl methyl sites for hydroxylation is 1. The first-order valence-electron chi connectivity index (χ1n) is 4.18. The number of aromatic nitrogens is 4. The molecule has 0 saturated heterocycles. The molecule has 15 heavy (non-hydrogen) atoms. The first-order valence-corrected chi connectivity index (χ1v) is 4.18. The van der Waals surface area contributed by atoms with Crippen LogP contribution in [0.2, 0.25) is 0 Å². The molecule has 7 nitrogen and oxygen atoms in total. The third-order valence-electron chi connectivity index (χ3n) is 2.05. The van der Waals surface area contributed by atoms with Crippen molar-refractivity contribution in [3.63, 3.8) is 0 Å². The highest BCUT2D eigenvalue weighted by Gasteiger charge is 2.09. The SMILES string of the molecule is Cn1c(=O)[nH]c(=O)c2[nH]c(CC#N)nc21. The summed E-state index contributed by atoms with van der Waals surface area (Å²) in [5.74, 6) is 0.374. The second kappa shape index (κ2) is 3.09. The zero-order valence-corrected chi connectivity index (χ0v) is 7.87. The van der Waals surface area contributed by atoms with E-state index in [0.29, 0.717) is 5.82 Å². The Bertz CT molecular complexity index is 669. The topological polar surface area (TPSA) is 107 Å². The molecule has 0 aliphatic rings. The van der Waals surface area contributed by atoms with Crippen LogP contribution in [-0.2, 0) is 13.5 Å². The van der Waals surface area contributed by atoms with Gasteiger partial charge < -0.3 is 4.98 Å². The van der Waals surface area contributed by atoms with Gasteiger partial charge in [0, 0.05) is 7.05 Å². The van der Waals surface area contributed by atoms with Gasteiger partial charge in [0.1, 0.15) is 11.3 Å². The van der Waals surface area contributed by atoms with Crippen LogP contribution >= 0.6 is 0 Å². The first-order chi connectivity index (χ1) is 7.13. The molecule has 2 aromatic heterocycles. The van der Waals surface area contributed by atoms with Crippen LogP contribution in [0.25, 0.3) is 11.2 Å². The third-order valence-corrected chi connectivity index (χ3v) is 2.05. The Morgan fingerprint density at radius 3 is 2.87 bits per heavy atom. The highest BCUT2D eigenvalue weighted by molar-refractivity contribution is 5.69. The van der Waals surface area contributed by atoms with E-state index < -0.39 is 11.2 Å². The number of hydrogen-bond acceptors (Lipinski definition) is 4. The zero-order chi connectivity index (χ0) is 11.0. The molecule has 2 N–H and O–H groups in total. The number of fused-ring (bicyclic) bond motifs is 1. The predicted octanol–water partition coefficient (Wildman–Crippen LogP) is -0.984. The van der Waals surface area contributed by atoms with Crippen LogP contribution in [0.15, 0.2) is 9.59 Å². The number of nitrogens with zero attached hydrogens (tertiary/aromatic N) is 3. The smallest absolute Gasteiger partial charge is 0.329 e. The summed E-state index contributed by atoms with van der Waals surface area (Å²) in [6.45, 7) is 0. The van der Waals surface area contributed by atoms with Gasteiger partial charge in [0.15, 0.2) is 5.65 Å². The minimum Gasteiger partial charge on any atom is -0.335 e. The number of nitriles is 1. The lowest BCUT2D eigenvalue weighted by atomic mass is 10.5. The standard InChI is InChI=1S/C8H7N5O2/c1-13-6-5(7(14)12-8(13)15)10-4(11-6)2-3-9/h2H2,1H3,(H,10,11)(H,12,14,15). The lowest BCUT2D eigenvalue weighted by Crippen LogP contribution is -2.28. The van der Waals surface area contributed by atoms with E-state index in [1.54, 1.807) is 0 Å². The molecule has 0 aromatic carbocycles. The molecule has 2 aromatic rings. The molecule has 0 saturated carbocycles. The van der Waals surface area contributed by atoms with Gasteiger partial charge in [-0.25, -0.2) is 9.78 Å². The highest BCUT2D eigenvalue weighted by Crippen LogP contribution is 2.03. The summed E-state index contributed by atoms with van der Waals surface area (Å²) in [5, 5.41) is 8.47. The molecule has 0 unspecified atom stereocenters. The Labute approximate surface area is 83.0 Å². The monoisotopic (exact) mass is 205 g/mol. The van der Waals surface area contributed by atoms with E-state index in [1.165, 1.54) is 11.6 Å². The lowest BCUT2D eigenvalue weighted by Gasteiger charge is -1.94. The van der Waals surface area contributed by atoms with Gasteiger partial charge in [0.25, 0.3) is 5.56 Å². The first kappa shape index (κ1) is 9.21. The second-order valence-electron chi connectivity index (χ2n) is 3.04. The fourth-order valence-electron chi connectivity index (χ4n) is 1.31. The lowest BCUT2D eigenvalue weighted by molar-refractivity contribution is 0.831. The third kappa shape index (κ3) is 1.32. The van der Waals surface area contributed by atoms with Gasteiger partial charge in [-0.3, -0.25) is 14.3 Å². The van der Waals surface area contributed by atoms with E-state index in [9.17, 15) is 9.59 Å². The molecule has 0 atom stereocenters. The Kier molecular flexibility index (Phi) is 1.90. The molecule has 0 aliphatic carbocycles. The Balaban J connectivity index is 2.87. The molecular weight excluding hydrogens is 198 g/mol. The van der Waals surface area contributed by atoms with E-state index in [0.717, 1.165) is 0 Å². The van der Waals surface area contributed by atoms with Gasteiger partial charge in [-0.1, -0.05) is 0 Å². The molecular formula is C8H7N5O2. The molecule has 0 fully saturated rings. The van der Waals surface area contributed by atoms with Gasteiger partial charge in [-0.2, -0.15) is 5.26 Å². The normalized spacial score (nSPS) is 10.4. The van der Waals surface area contributed by atoms with Gasteiger partial charge in [0.05, 0.1) is 12.5 Å². The minimum absolute atomic E-state index is 0.0717. The van der Waals surface area contributed by atoms with Gasteiger partial charge >= 0.3 is 5.69 Å². The molecule has 2 rings (SSSR count). The maximum Gasteiger partial charge on any atom is 0.329 e. The zero-order valence-electron chi connectivity index (χ0n) is 7.87. The van der Waals surface area contributed by atoms with Crippen LogP contribution in [0, 0.1) is 11.3 Å². The van der Waals surface area contributed by atoms with Crippen LogP contribution < -0.4 is 11.2 Å². The summed E-state index contributed by atoms with van der Waals surface area (Å²) in [4.78, 5) is 31.4.